The van der Waals surface area contributed by atoms with Crippen LogP contribution >= 0.6 is 0 Å². The largest absolute Gasteiger partial charge is 0.477 e. The molecule has 0 radical (unpaired) electrons. The number of benzene rings is 2. The van der Waals surface area contributed by atoms with Crippen LogP contribution in [0.25, 0.3) is 10.9 Å². The molecule has 0 amide bonds. The van der Waals surface area contributed by atoms with E-state index in [9.17, 15) is 14.7 Å². The van der Waals surface area contributed by atoms with Gasteiger partial charge in [-0.05, 0) is 30.5 Å². The minimum atomic E-state index is -1.35. The maximum Gasteiger partial charge on any atom is 0.341 e. The predicted octanol–water partition coefficient (Wildman–Crippen LogP) is 3.09. The molecule has 2 aromatic carbocycles. The van der Waals surface area contributed by atoms with E-state index in [1.54, 1.807) is 10.6 Å². The topological polar surface area (TPSA) is 97.4 Å². The average Bonchev–Trinajstić information content (AvgIpc) is 3.49. The number of anilines is 1. The third-order valence-electron chi connectivity index (χ3n) is 5.55. The van der Waals surface area contributed by atoms with Crippen molar-refractivity contribution in [2.45, 2.75) is 38.4 Å². The molecule has 1 aliphatic rings. The van der Waals surface area contributed by atoms with Gasteiger partial charge in [-0.1, -0.05) is 30.3 Å². The van der Waals surface area contributed by atoms with E-state index < -0.39 is 22.8 Å². The van der Waals surface area contributed by atoms with Crippen molar-refractivity contribution in [3.05, 3.63) is 75.3 Å². The van der Waals surface area contributed by atoms with Crippen molar-refractivity contribution in [1.82, 2.24) is 9.88 Å². The van der Waals surface area contributed by atoms with Crippen molar-refractivity contribution in [3.8, 4) is 0 Å². The van der Waals surface area contributed by atoms with Crippen LogP contribution in [-0.2, 0) is 13.1 Å². The number of pyridine rings is 1. The molecule has 2 atom stereocenters. The van der Waals surface area contributed by atoms with Gasteiger partial charge in [0.15, 0.2) is 5.82 Å². The number of nitrogens with one attached hydrogen (secondary N) is 1. The molecule has 1 aliphatic carbocycles. The monoisotopic (exact) mass is 395 g/mol. The summed E-state index contributed by atoms with van der Waals surface area (Å²) in [7, 11) is 0. The van der Waals surface area contributed by atoms with Crippen molar-refractivity contribution in [2.75, 3.05) is 5.73 Å². The molecule has 4 rings (SSSR count). The molecular formula is C22H22FN3O3. The zero-order chi connectivity index (χ0) is 20.7. The summed E-state index contributed by atoms with van der Waals surface area (Å²) in [5.41, 5.74) is 6.62. The van der Waals surface area contributed by atoms with E-state index >= 15 is 4.39 Å². The fourth-order valence-corrected chi connectivity index (χ4v) is 3.86. The van der Waals surface area contributed by atoms with Crippen LogP contribution in [0.3, 0.4) is 0 Å². The Morgan fingerprint density at radius 1 is 1.34 bits per heavy atom. The lowest BCUT2D eigenvalue weighted by Gasteiger charge is -2.15. The normalized spacial score (nSPS) is 18.1. The molecule has 0 aliphatic heterocycles. The minimum absolute atomic E-state index is 0.0371. The Morgan fingerprint density at radius 2 is 2.07 bits per heavy atom. The summed E-state index contributed by atoms with van der Waals surface area (Å²) in [5.74, 6) is -2.02. The number of nitrogens with two attached hydrogens (primary N) is 1. The number of aryl methyl sites for hydroxylation is 1. The fourth-order valence-electron chi connectivity index (χ4n) is 3.86. The molecule has 0 bridgehead atoms. The van der Waals surface area contributed by atoms with Crippen LogP contribution in [-0.4, -0.2) is 21.7 Å². The third-order valence-corrected chi connectivity index (χ3v) is 5.55. The van der Waals surface area contributed by atoms with E-state index in [1.165, 1.54) is 6.20 Å². The zero-order valence-corrected chi connectivity index (χ0v) is 16.0. The number of rotatable bonds is 6. The Hall–Kier alpha value is -3.19. The van der Waals surface area contributed by atoms with E-state index in [1.807, 2.05) is 37.3 Å². The molecule has 7 heteroatoms. The highest BCUT2D eigenvalue weighted by Crippen LogP contribution is 2.44. The molecule has 6 nitrogen and oxygen atoms in total. The standard InChI is InChI=1S/C22H22FN3O3/c1-2-26-11-15(22(28)29)21(27)18-17(26)9-14(19(23)20(18)24)13-8-16(13)25-10-12-6-4-3-5-7-12/h3-7,9,11,13,16,25H,2,8,10,24H2,1H3,(H,28,29)/t13-,16+/m0/s1. The summed E-state index contributed by atoms with van der Waals surface area (Å²) in [4.78, 5) is 24.0. The van der Waals surface area contributed by atoms with Crippen molar-refractivity contribution in [1.29, 1.82) is 0 Å². The number of hydrogen-bond donors (Lipinski definition) is 3. The van der Waals surface area contributed by atoms with Crippen LogP contribution < -0.4 is 16.5 Å². The molecule has 150 valence electrons. The van der Waals surface area contributed by atoms with Gasteiger partial charge in [0.05, 0.1) is 16.6 Å². The Bertz CT molecular complexity index is 1160. The van der Waals surface area contributed by atoms with Crippen molar-refractivity contribution in [2.24, 2.45) is 0 Å². The number of halogens is 1. The second-order valence-corrected chi connectivity index (χ2v) is 7.37. The number of hydrogen-bond acceptors (Lipinski definition) is 4. The number of carbonyl (C=O) groups is 1. The van der Waals surface area contributed by atoms with Gasteiger partial charge < -0.3 is 20.7 Å². The minimum Gasteiger partial charge on any atom is -0.477 e. The number of nitrogen functional groups attached to an aromatic ring is 1. The summed E-state index contributed by atoms with van der Waals surface area (Å²) < 4.78 is 16.7. The molecule has 1 fully saturated rings. The van der Waals surface area contributed by atoms with Crippen LogP contribution in [0, 0.1) is 5.82 Å². The number of fused-ring (bicyclic) bond motifs is 1. The molecular weight excluding hydrogens is 373 g/mol. The van der Waals surface area contributed by atoms with Gasteiger partial charge in [0.2, 0.25) is 5.43 Å². The summed E-state index contributed by atoms with van der Waals surface area (Å²) in [6.45, 7) is 2.95. The Kier molecular flexibility index (Phi) is 4.84. The number of carboxylic acid groups (broad SMARTS) is 1. The molecule has 0 spiro atoms. The quantitative estimate of drug-likeness (QED) is 0.557. The number of carboxylic acids is 1. The van der Waals surface area contributed by atoms with Crippen LogP contribution in [0.5, 0.6) is 0 Å². The molecule has 0 unspecified atom stereocenters. The second-order valence-electron chi connectivity index (χ2n) is 7.37. The first-order valence-corrected chi connectivity index (χ1v) is 9.58. The van der Waals surface area contributed by atoms with Crippen molar-refractivity contribution in [3.63, 3.8) is 0 Å². The van der Waals surface area contributed by atoms with Gasteiger partial charge in [-0.3, -0.25) is 4.79 Å². The molecule has 29 heavy (non-hydrogen) atoms. The SMILES string of the molecule is CCn1cc(C(=O)O)c(=O)c2c(N)c(F)c([C@@H]3C[C@H]3NCc3ccccc3)cc21. The zero-order valence-electron chi connectivity index (χ0n) is 16.0. The fraction of sp³-hybridized carbons (Fsp3) is 0.273. The molecule has 3 aromatic rings. The highest BCUT2D eigenvalue weighted by atomic mass is 19.1. The van der Waals surface area contributed by atoms with Crippen LogP contribution in [0.15, 0.2) is 47.4 Å². The first-order valence-electron chi connectivity index (χ1n) is 9.58. The van der Waals surface area contributed by atoms with E-state index in [0.717, 1.165) is 12.0 Å². The first kappa shape index (κ1) is 19.1. The van der Waals surface area contributed by atoms with Gasteiger partial charge >= 0.3 is 5.97 Å². The lowest BCUT2D eigenvalue weighted by Crippen LogP contribution is -2.21. The van der Waals surface area contributed by atoms with Gasteiger partial charge in [0, 0.05) is 31.2 Å². The van der Waals surface area contributed by atoms with Crippen LogP contribution in [0.4, 0.5) is 10.1 Å². The number of nitrogens with zero attached hydrogens (tertiary/aromatic N) is 1. The third kappa shape index (κ3) is 3.38. The second kappa shape index (κ2) is 7.33. The molecule has 1 saturated carbocycles. The molecule has 1 aromatic heterocycles. The highest BCUT2D eigenvalue weighted by Gasteiger charge is 2.40. The smallest absolute Gasteiger partial charge is 0.341 e. The summed E-state index contributed by atoms with van der Waals surface area (Å²) in [6, 6.07) is 11.7. The van der Waals surface area contributed by atoms with Crippen LogP contribution in [0.2, 0.25) is 0 Å². The lowest BCUT2D eigenvalue weighted by molar-refractivity contribution is 0.0695. The Labute approximate surface area is 166 Å². The highest BCUT2D eigenvalue weighted by molar-refractivity contribution is 5.97. The summed E-state index contributed by atoms with van der Waals surface area (Å²) >= 11 is 0. The average molecular weight is 395 g/mol. The number of aromatic carboxylic acids is 1. The predicted molar refractivity (Wildman–Crippen MR) is 110 cm³/mol. The maximum atomic E-state index is 15.1. The van der Waals surface area contributed by atoms with E-state index in [-0.39, 0.29) is 23.0 Å². The lowest BCUT2D eigenvalue weighted by atomic mass is 10.0. The summed E-state index contributed by atoms with van der Waals surface area (Å²) in [6.07, 6.45) is 2.07. The van der Waals surface area contributed by atoms with Gasteiger partial charge in [0.25, 0.3) is 0 Å². The van der Waals surface area contributed by atoms with E-state index in [4.69, 9.17) is 5.73 Å². The van der Waals surface area contributed by atoms with Crippen molar-refractivity contribution < 1.29 is 14.3 Å². The van der Waals surface area contributed by atoms with E-state index in [0.29, 0.717) is 24.2 Å². The van der Waals surface area contributed by atoms with Gasteiger partial charge in [0.1, 0.15) is 5.56 Å². The van der Waals surface area contributed by atoms with Gasteiger partial charge in [-0.2, -0.15) is 0 Å². The van der Waals surface area contributed by atoms with E-state index in [2.05, 4.69) is 5.32 Å². The maximum absolute atomic E-state index is 15.1. The van der Waals surface area contributed by atoms with Gasteiger partial charge in [-0.25, -0.2) is 9.18 Å². The summed E-state index contributed by atoms with van der Waals surface area (Å²) in [5, 5.41) is 12.6. The Morgan fingerprint density at radius 3 is 2.72 bits per heavy atom. The Balaban J connectivity index is 1.70. The molecule has 1 heterocycles. The van der Waals surface area contributed by atoms with Crippen LogP contribution in [0.1, 0.15) is 40.7 Å². The number of aromatic nitrogens is 1. The van der Waals surface area contributed by atoms with Gasteiger partial charge in [-0.15, -0.1) is 0 Å². The van der Waals surface area contributed by atoms with Crippen molar-refractivity contribution >= 4 is 22.6 Å². The first-order chi connectivity index (χ1) is 13.9. The molecule has 4 N–H and O–H groups in total. The molecule has 0 saturated heterocycles.